The minimum absolute atomic E-state index is 0.195. The highest BCUT2D eigenvalue weighted by Gasteiger charge is 2.40. The van der Waals surface area contributed by atoms with E-state index in [0.29, 0.717) is 31.0 Å². The summed E-state index contributed by atoms with van der Waals surface area (Å²) in [7, 11) is 0. The first kappa shape index (κ1) is 12.7. The third kappa shape index (κ3) is 4.34. The van der Waals surface area contributed by atoms with Crippen molar-refractivity contribution in [1.82, 2.24) is 4.90 Å². The molecule has 0 bridgehead atoms. The molecule has 0 saturated carbocycles. The van der Waals surface area contributed by atoms with Crippen molar-refractivity contribution in [3.8, 4) is 0 Å². The van der Waals surface area contributed by atoms with Crippen LogP contribution in [0.15, 0.2) is 0 Å². The second kappa shape index (κ2) is 5.12. The fourth-order valence-electron chi connectivity index (χ4n) is 1.75. The van der Waals surface area contributed by atoms with Crippen molar-refractivity contribution in [2.45, 2.75) is 25.4 Å². The predicted octanol–water partition coefficient (Wildman–Crippen LogP) is 1.94. The van der Waals surface area contributed by atoms with Gasteiger partial charge in [0.2, 0.25) is 0 Å². The Bertz CT molecular complexity index is 222. The number of rotatable bonds is 3. The molecule has 0 aromatic carbocycles. The van der Waals surface area contributed by atoms with Crippen molar-refractivity contribution in [2.24, 2.45) is 11.7 Å². The smallest absolute Gasteiger partial charge is 0.391 e. The van der Waals surface area contributed by atoms with Crippen molar-refractivity contribution < 1.29 is 13.2 Å². The zero-order valence-corrected chi connectivity index (χ0v) is 9.20. The van der Waals surface area contributed by atoms with Gasteiger partial charge in [-0.25, -0.2) is 0 Å². The van der Waals surface area contributed by atoms with Crippen LogP contribution >= 0.6 is 12.2 Å². The fourth-order valence-corrected chi connectivity index (χ4v) is 1.84. The van der Waals surface area contributed by atoms with Gasteiger partial charge >= 0.3 is 6.18 Å². The van der Waals surface area contributed by atoms with Crippen LogP contribution in [0.2, 0.25) is 0 Å². The Hall–Kier alpha value is -0.360. The number of hydrogen-bond donors (Lipinski definition) is 1. The van der Waals surface area contributed by atoms with Gasteiger partial charge in [-0.05, 0) is 25.9 Å². The number of likely N-dealkylation sites (tertiary alicyclic amines) is 1. The van der Waals surface area contributed by atoms with Gasteiger partial charge in [0.25, 0.3) is 0 Å². The lowest BCUT2D eigenvalue weighted by atomic mass is 9.96. The molecule has 6 heteroatoms. The molecular formula is C9H15F3N2S. The minimum Gasteiger partial charge on any atom is -0.393 e. The summed E-state index contributed by atoms with van der Waals surface area (Å²) in [5.74, 6) is -1.13. The van der Waals surface area contributed by atoms with Crippen LogP contribution in [-0.4, -0.2) is 35.7 Å². The Morgan fingerprint density at radius 2 is 1.87 bits per heavy atom. The second-order valence-electron chi connectivity index (χ2n) is 3.87. The molecule has 1 heterocycles. The summed E-state index contributed by atoms with van der Waals surface area (Å²) in [6.07, 6.45) is -3.05. The Labute approximate surface area is 92.6 Å². The van der Waals surface area contributed by atoms with Crippen LogP contribution in [0.3, 0.4) is 0 Å². The molecule has 0 aromatic heterocycles. The first-order valence-electron chi connectivity index (χ1n) is 4.97. The van der Waals surface area contributed by atoms with Gasteiger partial charge in [-0.15, -0.1) is 0 Å². The maximum absolute atomic E-state index is 12.3. The number of nitrogens with two attached hydrogens (primary N) is 1. The third-order valence-electron chi connectivity index (χ3n) is 2.72. The number of piperidine rings is 1. The summed E-state index contributed by atoms with van der Waals surface area (Å²) in [6.45, 7) is 1.67. The molecule has 2 nitrogen and oxygen atoms in total. The van der Waals surface area contributed by atoms with Crippen molar-refractivity contribution >= 4 is 17.2 Å². The molecule has 0 aliphatic carbocycles. The van der Waals surface area contributed by atoms with Crippen LogP contribution in [0.5, 0.6) is 0 Å². The Balaban J connectivity index is 2.27. The lowest BCUT2D eigenvalue weighted by Gasteiger charge is -2.32. The zero-order chi connectivity index (χ0) is 11.5. The molecule has 1 rings (SSSR count). The topological polar surface area (TPSA) is 29.3 Å². The van der Waals surface area contributed by atoms with Gasteiger partial charge in [0.1, 0.15) is 0 Å². The molecule has 0 aromatic rings. The van der Waals surface area contributed by atoms with Crippen LogP contribution in [0.1, 0.15) is 19.3 Å². The van der Waals surface area contributed by atoms with E-state index in [4.69, 9.17) is 18.0 Å². The Morgan fingerprint density at radius 3 is 2.27 bits per heavy atom. The van der Waals surface area contributed by atoms with E-state index in [1.807, 2.05) is 4.90 Å². The van der Waals surface area contributed by atoms with Crippen LogP contribution in [0.25, 0.3) is 0 Å². The van der Waals surface area contributed by atoms with E-state index < -0.39 is 12.1 Å². The second-order valence-corrected chi connectivity index (χ2v) is 4.40. The number of halogens is 3. The standard InChI is InChI=1S/C9H15F3N2S/c10-9(11,12)7-1-4-14(5-2-7)6-3-8(13)15/h7H,1-6H2,(H2,13,15). The highest BCUT2D eigenvalue weighted by atomic mass is 32.1. The van der Waals surface area contributed by atoms with Gasteiger partial charge in [0, 0.05) is 13.0 Å². The first-order valence-corrected chi connectivity index (χ1v) is 5.38. The molecule has 1 saturated heterocycles. The summed E-state index contributed by atoms with van der Waals surface area (Å²) >= 11 is 4.72. The average molecular weight is 240 g/mol. The molecule has 2 N–H and O–H groups in total. The van der Waals surface area contributed by atoms with E-state index in [-0.39, 0.29) is 12.8 Å². The van der Waals surface area contributed by atoms with E-state index in [9.17, 15) is 13.2 Å². The summed E-state index contributed by atoms with van der Waals surface area (Å²) in [5.41, 5.74) is 5.33. The summed E-state index contributed by atoms with van der Waals surface area (Å²) in [4.78, 5) is 2.41. The molecule has 0 radical (unpaired) electrons. The third-order valence-corrected chi connectivity index (χ3v) is 2.93. The van der Waals surface area contributed by atoms with Crippen LogP contribution in [0.4, 0.5) is 13.2 Å². The molecule has 1 aliphatic heterocycles. The van der Waals surface area contributed by atoms with Gasteiger partial charge in [0.15, 0.2) is 0 Å². The maximum Gasteiger partial charge on any atom is 0.391 e. The van der Waals surface area contributed by atoms with Gasteiger partial charge in [0.05, 0.1) is 10.9 Å². The molecule has 0 amide bonds. The van der Waals surface area contributed by atoms with E-state index in [2.05, 4.69) is 0 Å². The van der Waals surface area contributed by atoms with E-state index >= 15 is 0 Å². The highest BCUT2D eigenvalue weighted by Crippen LogP contribution is 2.33. The average Bonchev–Trinajstić information content (AvgIpc) is 2.14. The molecule has 0 unspecified atom stereocenters. The van der Waals surface area contributed by atoms with E-state index in [1.54, 1.807) is 0 Å². The molecule has 1 fully saturated rings. The van der Waals surface area contributed by atoms with Gasteiger partial charge in [-0.1, -0.05) is 12.2 Å². The van der Waals surface area contributed by atoms with Gasteiger partial charge < -0.3 is 10.6 Å². The van der Waals surface area contributed by atoms with Crippen LogP contribution in [-0.2, 0) is 0 Å². The zero-order valence-electron chi connectivity index (χ0n) is 8.39. The number of nitrogens with zero attached hydrogens (tertiary/aromatic N) is 1. The minimum atomic E-state index is -4.03. The van der Waals surface area contributed by atoms with Crippen LogP contribution < -0.4 is 5.73 Å². The lowest BCUT2D eigenvalue weighted by Crippen LogP contribution is -2.40. The Morgan fingerprint density at radius 1 is 1.33 bits per heavy atom. The quantitative estimate of drug-likeness (QED) is 0.764. The monoisotopic (exact) mass is 240 g/mol. The largest absolute Gasteiger partial charge is 0.393 e. The maximum atomic E-state index is 12.3. The fraction of sp³-hybridized carbons (Fsp3) is 0.889. The Kier molecular flexibility index (Phi) is 4.33. The lowest BCUT2D eigenvalue weighted by molar-refractivity contribution is -0.184. The normalized spacial score (nSPS) is 20.5. The molecule has 15 heavy (non-hydrogen) atoms. The SMILES string of the molecule is NC(=S)CCN1CCC(C(F)(F)F)CC1. The molecule has 1 aliphatic rings. The van der Waals surface area contributed by atoms with Crippen molar-refractivity contribution in [2.75, 3.05) is 19.6 Å². The van der Waals surface area contributed by atoms with E-state index in [1.165, 1.54) is 0 Å². The van der Waals surface area contributed by atoms with Crippen molar-refractivity contribution in [1.29, 1.82) is 0 Å². The van der Waals surface area contributed by atoms with Crippen LogP contribution in [0, 0.1) is 5.92 Å². The van der Waals surface area contributed by atoms with E-state index in [0.717, 1.165) is 0 Å². The molecule has 88 valence electrons. The molecule has 0 spiro atoms. The number of thiocarbonyl (C=S) groups is 1. The summed E-state index contributed by atoms with van der Waals surface area (Å²) in [5, 5.41) is 0. The van der Waals surface area contributed by atoms with Crippen molar-refractivity contribution in [3.05, 3.63) is 0 Å². The molecule has 0 atom stereocenters. The molecular weight excluding hydrogens is 225 g/mol. The predicted molar refractivity (Wildman–Crippen MR) is 56.6 cm³/mol. The summed E-state index contributed by atoms with van der Waals surface area (Å²) < 4.78 is 37.0. The number of alkyl halides is 3. The first-order chi connectivity index (χ1) is 6.89. The van der Waals surface area contributed by atoms with Crippen molar-refractivity contribution in [3.63, 3.8) is 0 Å². The van der Waals surface area contributed by atoms with Gasteiger partial charge in [-0.2, -0.15) is 13.2 Å². The van der Waals surface area contributed by atoms with Gasteiger partial charge in [-0.3, -0.25) is 0 Å². The summed E-state index contributed by atoms with van der Waals surface area (Å²) in [6, 6.07) is 0. The highest BCUT2D eigenvalue weighted by molar-refractivity contribution is 7.80. The number of hydrogen-bond acceptors (Lipinski definition) is 2.